The molecule has 0 aliphatic heterocycles. The summed E-state index contributed by atoms with van der Waals surface area (Å²) in [6.45, 7) is 13.6. The Morgan fingerprint density at radius 1 is 1.15 bits per heavy atom. The average molecular weight is 360 g/mol. The minimum Gasteiger partial charge on any atom is -0.477 e. The fourth-order valence-corrected chi connectivity index (χ4v) is 3.66. The lowest BCUT2D eigenvalue weighted by molar-refractivity contribution is 0.0685. The van der Waals surface area contributed by atoms with Gasteiger partial charge in [-0.1, -0.05) is 45.9 Å². The summed E-state index contributed by atoms with van der Waals surface area (Å²) in [5.74, 6) is 0.414. The van der Waals surface area contributed by atoms with E-state index in [9.17, 15) is 9.90 Å². The van der Waals surface area contributed by atoms with Crippen molar-refractivity contribution >= 4 is 16.9 Å². The third-order valence-electron chi connectivity index (χ3n) is 4.57. The number of carboxylic acids is 1. The van der Waals surface area contributed by atoms with E-state index < -0.39 is 5.97 Å². The topological polar surface area (TPSA) is 57.5 Å². The highest BCUT2D eigenvalue weighted by Crippen LogP contribution is 2.25. The summed E-state index contributed by atoms with van der Waals surface area (Å²) < 4.78 is 1.78. The molecule has 0 bridgehead atoms. The Balaban J connectivity index is 2.05. The molecule has 0 saturated carbocycles. The lowest BCUT2D eigenvalue weighted by atomic mass is 10.1. The lowest BCUT2D eigenvalue weighted by Gasteiger charge is -2.26. The van der Waals surface area contributed by atoms with E-state index in [2.05, 4.69) is 37.9 Å². The van der Waals surface area contributed by atoms with Crippen molar-refractivity contribution in [3.05, 3.63) is 35.5 Å². The number of aromatic carboxylic acids is 1. The van der Waals surface area contributed by atoms with Crippen LogP contribution >= 0.6 is 0 Å². The van der Waals surface area contributed by atoms with Gasteiger partial charge >= 0.3 is 5.97 Å². The third-order valence-corrected chi connectivity index (χ3v) is 4.57. The van der Waals surface area contributed by atoms with Gasteiger partial charge in [0.25, 0.3) is 0 Å². The SMILES string of the molecule is CC(C)CN(CCNCc1c(C(=O)O)n(C)c2ccccc12)CC(C)C. The Morgan fingerprint density at radius 2 is 1.77 bits per heavy atom. The summed E-state index contributed by atoms with van der Waals surface area (Å²) in [6, 6.07) is 7.88. The number of rotatable bonds is 10. The summed E-state index contributed by atoms with van der Waals surface area (Å²) in [6.07, 6.45) is 0. The zero-order valence-electron chi connectivity index (χ0n) is 16.7. The Morgan fingerprint density at radius 3 is 2.35 bits per heavy atom. The number of nitrogens with one attached hydrogen (secondary N) is 1. The minimum atomic E-state index is -0.873. The number of aryl methyl sites for hydroxylation is 1. The molecule has 5 heteroatoms. The summed E-state index contributed by atoms with van der Waals surface area (Å²) in [4.78, 5) is 14.2. The van der Waals surface area contributed by atoms with Gasteiger partial charge in [-0.05, 0) is 17.9 Å². The highest BCUT2D eigenvalue weighted by molar-refractivity contribution is 5.98. The van der Waals surface area contributed by atoms with Gasteiger partial charge < -0.3 is 19.9 Å². The van der Waals surface area contributed by atoms with Crippen LogP contribution < -0.4 is 5.32 Å². The van der Waals surface area contributed by atoms with E-state index in [0.29, 0.717) is 24.1 Å². The van der Waals surface area contributed by atoms with Gasteiger partial charge in [0.05, 0.1) is 0 Å². The van der Waals surface area contributed by atoms with E-state index in [1.807, 2.05) is 31.3 Å². The third kappa shape index (κ3) is 5.08. The molecular formula is C21H33N3O2. The number of aromatic nitrogens is 1. The molecule has 5 nitrogen and oxygen atoms in total. The second-order valence-electron chi connectivity index (χ2n) is 7.93. The highest BCUT2D eigenvalue weighted by Gasteiger charge is 2.19. The summed E-state index contributed by atoms with van der Waals surface area (Å²) in [5.41, 5.74) is 2.21. The Labute approximate surface area is 157 Å². The van der Waals surface area contributed by atoms with Gasteiger partial charge in [-0.15, -0.1) is 0 Å². The quantitative estimate of drug-likeness (QED) is 0.637. The van der Waals surface area contributed by atoms with Crippen molar-refractivity contribution in [1.82, 2.24) is 14.8 Å². The largest absolute Gasteiger partial charge is 0.477 e. The van der Waals surface area contributed by atoms with Crippen LogP contribution in [0.3, 0.4) is 0 Å². The van der Waals surface area contributed by atoms with Gasteiger partial charge in [-0.2, -0.15) is 0 Å². The van der Waals surface area contributed by atoms with Crippen LogP contribution in [0.15, 0.2) is 24.3 Å². The number of para-hydroxylation sites is 1. The maximum Gasteiger partial charge on any atom is 0.352 e. The van der Waals surface area contributed by atoms with E-state index in [1.165, 1.54) is 0 Å². The van der Waals surface area contributed by atoms with E-state index >= 15 is 0 Å². The Hall–Kier alpha value is -1.85. The zero-order chi connectivity index (χ0) is 19.3. The number of hydrogen-bond acceptors (Lipinski definition) is 3. The number of hydrogen-bond donors (Lipinski definition) is 2. The van der Waals surface area contributed by atoms with Gasteiger partial charge in [0.2, 0.25) is 0 Å². The molecule has 2 N–H and O–H groups in total. The van der Waals surface area contributed by atoms with E-state index in [-0.39, 0.29) is 0 Å². The molecule has 1 aromatic carbocycles. The maximum absolute atomic E-state index is 11.7. The van der Waals surface area contributed by atoms with Crippen LogP contribution in [0.1, 0.15) is 43.7 Å². The van der Waals surface area contributed by atoms with Crippen LogP contribution in [0.2, 0.25) is 0 Å². The molecule has 0 aliphatic carbocycles. The molecule has 1 aromatic heterocycles. The molecule has 0 radical (unpaired) electrons. The second kappa shape index (κ2) is 9.19. The first-order valence-corrected chi connectivity index (χ1v) is 9.53. The van der Waals surface area contributed by atoms with Crippen LogP contribution in [0.25, 0.3) is 10.9 Å². The molecule has 0 spiro atoms. The number of carboxylic acid groups (broad SMARTS) is 1. The van der Waals surface area contributed by atoms with Gasteiger partial charge in [-0.3, -0.25) is 0 Å². The predicted molar refractivity (Wildman–Crippen MR) is 108 cm³/mol. The number of benzene rings is 1. The van der Waals surface area contributed by atoms with Crippen molar-refractivity contribution in [2.75, 3.05) is 26.2 Å². The molecule has 26 heavy (non-hydrogen) atoms. The number of carbonyl (C=O) groups is 1. The standard InChI is InChI=1S/C21H33N3O2/c1-15(2)13-24(14-16(3)4)11-10-22-12-18-17-8-6-7-9-19(17)23(5)20(18)21(25)26/h6-9,15-16,22H,10-14H2,1-5H3,(H,25,26). The molecule has 2 aromatic rings. The van der Waals surface area contributed by atoms with Crippen LogP contribution in [0.4, 0.5) is 0 Å². The van der Waals surface area contributed by atoms with E-state index in [4.69, 9.17) is 0 Å². The first-order valence-electron chi connectivity index (χ1n) is 9.53. The fourth-order valence-electron chi connectivity index (χ4n) is 3.66. The fraction of sp³-hybridized carbons (Fsp3) is 0.571. The van der Waals surface area contributed by atoms with Gasteiger partial charge in [-0.25, -0.2) is 4.79 Å². The van der Waals surface area contributed by atoms with Crippen molar-refractivity contribution in [2.45, 2.75) is 34.2 Å². The molecular weight excluding hydrogens is 326 g/mol. The van der Waals surface area contributed by atoms with Crippen LogP contribution in [0, 0.1) is 11.8 Å². The highest BCUT2D eigenvalue weighted by atomic mass is 16.4. The van der Waals surface area contributed by atoms with Gasteiger partial charge in [0.1, 0.15) is 5.69 Å². The first kappa shape index (κ1) is 20.5. The molecule has 2 rings (SSSR count). The van der Waals surface area contributed by atoms with Crippen molar-refractivity contribution < 1.29 is 9.90 Å². The molecule has 0 fully saturated rings. The zero-order valence-corrected chi connectivity index (χ0v) is 16.7. The minimum absolute atomic E-state index is 0.375. The van der Waals surface area contributed by atoms with Crippen LogP contribution in [0.5, 0.6) is 0 Å². The molecule has 1 heterocycles. The number of nitrogens with zero attached hydrogens (tertiary/aromatic N) is 2. The maximum atomic E-state index is 11.7. The van der Waals surface area contributed by atoms with Crippen LogP contribution in [-0.4, -0.2) is 46.7 Å². The van der Waals surface area contributed by atoms with Gasteiger partial charge in [0.15, 0.2) is 0 Å². The average Bonchev–Trinajstić information content (AvgIpc) is 2.83. The number of fused-ring (bicyclic) bond motifs is 1. The van der Waals surface area contributed by atoms with Crippen molar-refractivity contribution in [3.8, 4) is 0 Å². The molecule has 144 valence electrons. The molecule has 0 atom stereocenters. The molecule has 0 unspecified atom stereocenters. The lowest BCUT2D eigenvalue weighted by Crippen LogP contribution is -2.37. The summed E-state index contributed by atoms with van der Waals surface area (Å²) in [5, 5.41) is 14.1. The molecule has 0 amide bonds. The monoisotopic (exact) mass is 359 g/mol. The van der Waals surface area contributed by atoms with Crippen molar-refractivity contribution in [2.24, 2.45) is 18.9 Å². The van der Waals surface area contributed by atoms with Crippen molar-refractivity contribution in [3.63, 3.8) is 0 Å². The van der Waals surface area contributed by atoms with E-state index in [1.54, 1.807) is 4.57 Å². The molecule has 0 aliphatic rings. The smallest absolute Gasteiger partial charge is 0.352 e. The Kier molecular flexibility index (Phi) is 7.23. The van der Waals surface area contributed by atoms with Gasteiger partial charge in [0, 0.05) is 56.2 Å². The van der Waals surface area contributed by atoms with E-state index in [0.717, 1.165) is 42.6 Å². The Bertz CT molecular complexity index is 724. The normalized spacial score (nSPS) is 12.0. The molecule has 0 saturated heterocycles. The predicted octanol–water partition coefficient (Wildman–Crippen LogP) is 3.58. The summed E-state index contributed by atoms with van der Waals surface area (Å²) in [7, 11) is 1.82. The first-order chi connectivity index (χ1) is 12.3. The second-order valence-corrected chi connectivity index (χ2v) is 7.93. The summed E-state index contributed by atoms with van der Waals surface area (Å²) >= 11 is 0. The van der Waals surface area contributed by atoms with Crippen LogP contribution in [-0.2, 0) is 13.6 Å². The van der Waals surface area contributed by atoms with Crippen molar-refractivity contribution in [1.29, 1.82) is 0 Å².